The smallest absolute Gasteiger partial charge is 0.326 e. The number of benzene rings is 1. The van der Waals surface area contributed by atoms with Crippen molar-refractivity contribution in [2.45, 2.75) is 51.4 Å². The Morgan fingerprint density at radius 1 is 1.20 bits per heavy atom. The van der Waals surface area contributed by atoms with Crippen LogP contribution in [0.15, 0.2) is 18.2 Å². The van der Waals surface area contributed by atoms with Gasteiger partial charge in [-0.15, -0.1) is 0 Å². The summed E-state index contributed by atoms with van der Waals surface area (Å²) in [6, 6.07) is 1.13. The highest BCUT2D eigenvalue weighted by molar-refractivity contribution is 6.74. The van der Waals surface area contributed by atoms with Crippen LogP contribution in [0.25, 0.3) is 0 Å². The first kappa shape index (κ1) is 21.2. The summed E-state index contributed by atoms with van der Waals surface area (Å²) < 4.78 is 32.3. The van der Waals surface area contributed by atoms with Crippen molar-refractivity contribution in [1.82, 2.24) is 5.32 Å². The summed E-state index contributed by atoms with van der Waals surface area (Å²) in [7, 11) is -2.03. The van der Waals surface area contributed by atoms with E-state index in [0.29, 0.717) is 6.07 Å². The molecule has 1 aromatic rings. The number of carboxylic acid groups (broad SMARTS) is 1. The molecule has 0 saturated carbocycles. The SMILES string of the molecule is CC(C)(C)[Si](C)(C)OCC[C@H](NC(=O)c1cc(F)cc(F)c1)C(=O)O. The number of hydrogen-bond donors (Lipinski definition) is 2. The molecule has 2 N–H and O–H groups in total. The van der Waals surface area contributed by atoms with Gasteiger partial charge < -0.3 is 14.8 Å². The summed E-state index contributed by atoms with van der Waals surface area (Å²) in [6.07, 6.45) is 0.0609. The van der Waals surface area contributed by atoms with Crippen LogP contribution in [0.5, 0.6) is 0 Å². The monoisotopic (exact) mass is 373 g/mol. The second-order valence-electron chi connectivity index (χ2n) is 7.42. The Bertz CT molecular complexity index is 624. The van der Waals surface area contributed by atoms with Gasteiger partial charge in [-0.3, -0.25) is 4.79 Å². The van der Waals surface area contributed by atoms with Crippen LogP contribution in [0.2, 0.25) is 18.1 Å². The molecule has 1 atom stereocenters. The topological polar surface area (TPSA) is 75.6 Å². The zero-order chi connectivity index (χ0) is 19.4. The van der Waals surface area contributed by atoms with Crippen molar-refractivity contribution in [2.24, 2.45) is 0 Å². The van der Waals surface area contributed by atoms with E-state index in [1.165, 1.54) is 0 Å². The largest absolute Gasteiger partial charge is 0.480 e. The van der Waals surface area contributed by atoms with E-state index in [4.69, 9.17) is 4.43 Å². The van der Waals surface area contributed by atoms with Crippen LogP contribution in [-0.4, -0.2) is 37.9 Å². The van der Waals surface area contributed by atoms with E-state index >= 15 is 0 Å². The standard InChI is InChI=1S/C17H25F2NO4Si/c1-17(2,3)25(4,5)24-7-6-14(16(22)23)20-15(21)11-8-12(18)10-13(19)9-11/h8-10,14H,6-7H2,1-5H3,(H,20,21)(H,22,23)/t14-/m0/s1. The number of nitrogens with one attached hydrogen (secondary N) is 1. The Hall–Kier alpha value is -1.80. The summed E-state index contributed by atoms with van der Waals surface area (Å²) in [4.78, 5) is 23.4. The number of hydrogen-bond acceptors (Lipinski definition) is 3. The van der Waals surface area contributed by atoms with Crippen molar-refractivity contribution in [2.75, 3.05) is 6.61 Å². The molecule has 0 aromatic heterocycles. The van der Waals surface area contributed by atoms with Gasteiger partial charge in [0, 0.05) is 24.7 Å². The van der Waals surface area contributed by atoms with E-state index in [1.807, 2.05) is 13.1 Å². The molecule has 0 fully saturated rings. The first-order valence-electron chi connectivity index (χ1n) is 7.97. The van der Waals surface area contributed by atoms with Crippen LogP contribution in [0.3, 0.4) is 0 Å². The van der Waals surface area contributed by atoms with E-state index in [-0.39, 0.29) is 23.6 Å². The van der Waals surface area contributed by atoms with E-state index in [0.717, 1.165) is 12.1 Å². The van der Waals surface area contributed by atoms with Gasteiger partial charge >= 0.3 is 5.97 Å². The van der Waals surface area contributed by atoms with Crippen molar-refractivity contribution in [3.8, 4) is 0 Å². The second kappa shape index (κ2) is 8.05. The third-order valence-electron chi connectivity index (χ3n) is 4.40. The van der Waals surface area contributed by atoms with Crippen molar-refractivity contribution < 1.29 is 27.9 Å². The normalized spacial score (nSPS) is 13.4. The summed E-state index contributed by atoms with van der Waals surface area (Å²) in [6.45, 7) is 10.4. The molecule has 0 spiro atoms. The Morgan fingerprint density at radius 2 is 1.72 bits per heavy atom. The van der Waals surface area contributed by atoms with Crippen LogP contribution >= 0.6 is 0 Å². The number of rotatable bonds is 7. The van der Waals surface area contributed by atoms with Crippen molar-refractivity contribution >= 4 is 20.2 Å². The van der Waals surface area contributed by atoms with Crippen molar-refractivity contribution in [3.05, 3.63) is 35.4 Å². The highest BCUT2D eigenvalue weighted by atomic mass is 28.4. The molecule has 1 amide bonds. The first-order valence-corrected chi connectivity index (χ1v) is 10.9. The fourth-order valence-electron chi connectivity index (χ4n) is 1.83. The lowest BCUT2D eigenvalue weighted by atomic mass is 10.1. The van der Waals surface area contributed by atoms with Gasteiger partial charge in [0.15, 0.2) is 8.32 Å². The van der Waals surface area contributed by atoms with E-state index < -0.39 is 37.9 Å². The summed E-state index contributed by atoms with van der Waals surface area (Å²) in [5.41, 5.74) is -0.269. The number of amides is 1. The van der Waals surface area contributed by atoms with E-state index in [9.17, 15) is 23.5 Å². The lowest BCUT2D eigenvalue weighted by Crippen LogP contribution is -2.44. The van der Waals surface area contributed by atoms with Crippen LogP contribution in [0.4, 0.5) is 8.78 Å². The first-order chi connectivity index (χ1) is 11.3. The molecule has 0 heterocycles. The summed E-state index contributed by atoms with van der Waals surface area (Å²) >= 11 is 0. The third-order valence-corrected chi connectivity index (χ3v) is 8.94. The van der Waals surface area contributed by atoms with Crippen molar-refractivity contribution in [3.63, 3.8) is 0 Å². The predicted molar refractivity (Wildman–Crippen MR) is 93.0 cm³/mol. The van der Waals surface area contributed by atoms with Crippen molar-refractivity contribution in [1.29, 1.82) is 0 Å². The molecule has 8 heteroatoms. The molecule has 0 aliphatic heterocycles. The maximum Gasteiger partial charge on any atom is 0.326 e. The van der Waals surface area contributed by atoms with Crippen LogP contribution in [-0.2, 0) is 9.22 Å². The van der Waals surface area contributed by atoms with E-state index in [1.54, 1.807) is 0 Å². The number of halogens is 2. The molecule has 140 valence electrons. The lowest BCUT2D eigenvalue weighted by Gasteiger charge is -2.36. The van der Waals surface area contributed by atoms with Gasteiger partial charge in [-0.25, -0.2) is 13.6 Å². The minimum absolute atomic E-state index is 0.0198. The molecule has 0 radical (unpaired) electrons. The van der Waals surface area contributed by atoms with Crippen LogP contribution in [0.1, 0.15) is 37.6 Å². The summed E-state index contributed by atoms with van der Waals surface area (Å²) in [5.74, 6) is -3.89. The lowest BCUT2D eigenvalue weighted by molar-refractivity contribution is -0.139. The Labute approximate surface area is 147 Å². The second-order valence-corrected chi connectivity index (χ2v) is 12.2. The number of carbonyl (C=O) groups excluding carboxylic acids is 1. The van der Waals surface area contributed by atoms with E-state index in [2.05, 4.69) is 26.1 Å². The zero-order valence-electron chi connectivity index (χ0n) is 15.2. The molecule has 1 rings (SSSR count). The molecule has 0 aliphatic rings. The highest BCUT2D eigenvalue weighted by Gasteiger charge is 2.37. The van der Waals surface area contributed by atoms with Gasteiger partial charge in [0.05, 0.1) is 0 Å². The minimum atomic E-state index is -2.03. The maximum atomic E-state index is 13.2. The Balaban J connectivity index is 2.72. The average Bonchev–Trinajstić information content (AvgIpc) is 2.43. The Morgan fingerprint density at radius 3 is 2.16 bits per heavy atom. The molecule has 25 heavy (non-hydrogen) atoms. The quantitative estimate of drug-likeness (QED) is 0.717. The van der Waals surface area contributed by atoms with Crippen LogP contribution in [0, 0.1) is 11.6 Å². The Kier molecular flexibility index (Phi) is 6.84. The molecule has 1 aromatic carbocycles. The molecule has 0 aliphatic carbocycles. The van der Waals surface area contributed by atoms with Gasteiger partial charge in [-0.05, 0) is 30.3 Å². The third kappa shape index (κ3) is 6.21. The van der Waals surface area contributed by atoms with Crippen LogP contribution < -0.4 is 5.32 Å². The molecule has 0 bridgehead atoms. The number of carboxylic acids is 1. The average molecular weight is 373 g/mol. The predicted octanol–water partition coefficient (Wildman–Crippen LogP) is 3.56. The molecule has 0 unspecified atom stereocenters. The maximum absolute atomic E-state index is 13.2. The zero-order valence-corrected chi connectivity index (χ0v) is 16.2. The molecular weight excluding hydrogens is 348 g/mol. The fraction of sp³-hybridized carbons (Fsp3) is 0.529. The van der Waals surface area contributed by atoms with Gasteiger partial charge in [0.1, 0.15) is 17.7 Å². The van der Waals surface area contributed by atoms with Gasteiger partial charge in [-0.1, -0.05) is 20.8 Å². The highest BCUT2D eigenvalue weighted by Crippen LogP contribution is 2.36. The number of aliphatic carboxylic acids is 1. The van der Waals surface area contributed by atoms with Gasteiger partial charge in [0.2, 0.25) is 0 Å². The van der Waals surface area contributed by atoms with Gasteiger partial charge in [0.25, 0.3) is 5.91 Å². The minimum Gasteiger partial charge on any atom is -0.480 e. The summed E-state index contributed by atoms with van der Waals surface area (Å²) in [5, 5.41) is 11.5. The number of carbonyl (C=O) groups is 2. The van der Waals surface area contributed by atoms with Gasteiger partial charge in [-0.2, -0.15) is 0 Å². The molecular formula is C17H25F2NO4Si. The molecule has 5 nitrogen and oxygen atoms in total. The fourth-order valence-corrected chi connectivity index (χ4v) is 2.89. The molecule has 0 saturated heterocycles.